The first kappa shape index (κ1) is 15.4. The summed E-state index contributed by atoms with van der Waals surface area (Å²) in [5, 5.41) is 0. The zero-order valence-corrected chi connectivity index (χ0v) is 13.9. The van der Waals surface area contributed by atoms with Crippen molar-refractivity contribution in [3.63, 3.8) is 0 Å². The van der Waals surface area contributed by atoms with Gasteiger partial charge in [-0.2, -0.15) is 0 Å². The number of fused-ring (bicyclic) bond motifs is 1. The third kappa shape index (κ3) is 3.13. The Bertz CT molecular complexity index is 501. The molecule has 3 unspecified atom stereocenters. The van der Waals surface area contributed by atoms with E-state index in [4.69, 9.17) is 0 Å². The van der Waals surface area contributed by atoms with Crippen molar-refractivity contribution in [3.05, 3.63) is 30.3 Å². The molecule has 0 aromatic heterocycles. The summed E-state index contributed by atoms with van der Waals surface area (Å²) in [6, 6.07) is 10.7. The number of anilines is 1. The summed E-state index contributed by atoms with van der Waals surface area (Å²) in [5.41, 5.74) is 1.11. The van der Waals surface area contributed by atoms with Crippen LogP contribution in [0.2, 0.25) is 0 Å². The van der Waals surface area contributed by atoms with Crippen LogP contribution in [0.1, 0.15) is 39.0 Å². The summed E-state index contributed by atoms with van der Waals surface area (Å²) in [4.78, 5) is 17.1. The van der Waals surface area contributed by atoms with Crippen LogP contribution in [0.25, 0.3) is 0 Å². The molecule has 1 aromatic carbocycles. The Kier molecular flexibility index (Phi) is 4.70. The average Bonchev–Trinajstić information content (AvgIpc) is 2.56. The fourth-order valence-electron chi connectivity index (χ4n) is 4.29. The van der Waals surface area contributed by atoms with Gasteiger partial charge in [-0.25, -0.2) is 0 Å². The van der Waals surface area contributed by atoms with E-state index < -0.39 is 0 Å². The first-order valence-corrected chi connectivity index (χ1v) is 8.72. The highest BCUT2D eigenvalue weighted by Crippen LogP contribution is 2.38. The lowest BCUT2D eigenvalue weighted by Crippen LogP contribution is -2.54. The lowest BCUT2D eigenvalue weighted by atomic mass is 9.72. The summed E-state index contributed by atoms with van der Waals surface area (Å²) >= 11 is 0. The van der Waals surface area contributed by atoms with Crippen molar-refractivity contribution >= 4 is 11.6 Å². The molecule has 1 heterocycles. The molecule has 0 radical (unpaired) electrons. The lowest BCUT2D eigenvalue weighted by molar-refractivity contribution is -0.137. The van der Waals surface area contributed by atoms with Crippen LogP contribution in [0.15, 0.2) is 30.3 Å². The quantitative estimate of drug-likeness (QED) is 0.852. The molecule has 3 nitrogen and oxygen atoms in total. The number of hydrogen-bond acceptors (Lipinski definition) is 2. The highest BCUT2D eigenvalue weighted by Gasteiger charge is 2.39. The standard InChI is InChI=1S/C19H28N2O/c1-15-12-13-21(18-11-7-6-10-17(15)18)19(22)14-20(2)16-8-4-3-5-9-16/h3-5,8-9,15,17-18H,6-7,10-14H2,1-2H3. The Hall–Kier alpha value is -1.51. The summed E-state index contributed by atoms with van der Waals surface area (Å²) < 4.78 is 0. The van der Waals surface area contributed by atoms with E-state index in [0.717, 1.165) is 24.1 Å². The van der Waals surface area contributed by atoms with E-state index in [-0.39, 0.29) is 0 Å². The van der Waals surface area contributed by atoms with E-state index >= 15 is 0 Å². The van der Waals surface area contributed by atoms with Crippen molar-refractivity contribution in [3.8, 4) is 0 Å². The molecule has 1 saturated heterocycles. The normalized spacial score (nSPS) is 28.1. The first-order chi connectivity index (χ1) is 10.7. The number of para-hydroxylation sites is 1. The number of carbonyl (C=O) groups is 1. The zero-order chi connectivity index (χ0) is 15.5. The maximum Gasteiger partial charge on any atom is 0.242 e. The fourth-order valence-corrected chi connectivity index (χ4v) is 4.29. The second-order valence-electron chi connectivity index (χ2n) is 7.06. The Morgan fingerprint density at radius 3 is 2.68 bits per heavy atom. The molecule has 1 saturated carbocycles. The summed E-state index contributed by atoms with van der Waals surface area (Å²) in [5.74, 6) is 1.81. The molecule has 2 aliphatic rings. The second-order valence-corrected chi connectivity index (χ2v) is 7.06. The van der Waals surface area contributed by atoms with Gasteiger partial charge in [-0.05, 0) is 43.2 Å². The van der Waals surface area contributed by atoms with E-state index in [9.17, 15) is 4.79 Å². The summed E-state index contributed by atoms with van der Waals surface area (Å²) in [6.45, 7) is 3.81. The summed E-state index contributed by atoms with van der Waals surface area (Å²) in [6.07, 6.45) is 6.31. The molecule has 0 N–H and O–H groups in total. The Morgan fingerprint density at radius 1 is 1.18 bits per heavy atom. The van der Waals surface area contributed by atoms with Gasteiger partial charge in [-0.1, -0.05) is 38.0 Å². The van der Waals surface area contributed by atoms with Crippen molar-refractivity contribution in [2.45, 2.75) is 45.1 Å². The van der Waals surface area contributed by atoms with Crippen LogP contribution in [0.4, 0.5) is 5.69 Å². The smallest absolute Gasteiger partial charge is 0.242 e. The second kappa shape index (κ2) is 6.72. The molecule has 3 heteroatoms. The van der Waals surface area contributed by atoms with Gasteiger partial charge in [-0.15, -0.1) is 0 Å². The molecular weight excluding hydrogens is 272 g/mol. The van der Waals surface area contributed by atoms with Gasteiger partial charge in [0, 0.05) is 25.3 Å². The molecule has 120 valence electrons. The monoisotopic (exact) mass is 300 g/mol. The third-order valence-electron chi connectivity index (χ3n) is 5.63. The maximum atomic E-state index is 12.8. The maximum absolute atomic E-state index is 12.8. The molecule has 1 aliphatic heterocycles. The van der Waals surface area contributed by atoms with Gasteiger partial charge in [0.1, 0.15) is 0 Å². The predicted octanol–water partition coefficient (Wildman–Crippen LogP) is 3.55. The molecule has 1 amide bonds. The predicted molar refractivity (Wildman–Crippen MR) is 91.0 cm³/mol. The van der Waals surface area contributed by atoms with Crippen LogP contribution in [-0.4, -0.2) is 37.0 Å². The topological polar surface area (TPSA) is 23.6 Å². The molecule has 2 fully saturated rings. The molecule has 0 bridgehead atoms. The number of likely N-dealkylation sites (N-methyl/N-ethyl adjacent to an activating group) is 1. The minimum Gasteiger partial charge on any atom is -0.365 e. The van der Waals surface area contributed by atoms with Gasteiger partial charge in [0.2, 0.25) is 5.91 Å². The summed E-state index contributed by atoms with van der Waals surface area (Å²) in [7, 11) is 2.01. The highest BCUT2D eigenvalue weighted by molar-refractivity contribution is 5.81. The highest BCUT2D eigenvalue weighted by atomic mass is 16.2. The average molecular weight is 300 g/mol. The van der Waals surface area contributed by atoms with Gasteiger partial charge in [-0.3, -0.25) is 4.79 Å². The number of piperidine rings is 1. The van der Waals surface area contributed by atoms with Crippen LogP contribution >= 0.6 is 0 Å². The van der Waals surface area contributed by atoms with Crippen molar-refractivity contribution in [2.24, 2.45) is 11.8 Å². The molecule has 22 heavy (non-hydrogen) atoms. The van der Waals surface area contributed by atoms with E-state index in [1.165, 1.54) is 32.1 Å². The number of hydrogen-bond donors (Lipinski definition) is 0. The van der Waals surface area contributed by atoms with Gasteiger partial charge in [0.05, 0.1) is 6.54 Å². The van der Waals surface area contributed by atoms with Crippen LogP contribution in [0.5, 0.6) is 0 Å². The van der Waals surface area contributed by atoms with Crippen LogP contribution in [-0.2, 0) is 4.79 Å². The molecule has 0 spiro atoms. The number of amides is 1. The number of likely N-dealkylation sites (tertiary alicyclic amines) is 1. The van der Waals surface area contributed by atoms with Gasteiger partial charge < -0.3 is 9.80 Å². The van der Waals surface area contributed by atoms with Crippen LogP contribution < -0.4 is 4.90 Å². The molecule has 3 rings (SSSR count). The first-order valence-electron chi connectivity index (χ1n) is 8.72. The Labute approximate surface area is 134 Å². The fraction of sp³-hybridized carbons (Fsp3) is 0.632. The number of carbonyl (C=O) groups excluding carboxylic acids is 1. The van der Waals surface area contributed by atoms with Crippen LogP contribution in [0, 0.1) is 11.8 Å². The van der Waals surface area contributed by atoms with E-state index in [2.05, 4.69) is 28.9 Å². The van der Waals surface area contributed by atoms with Crippen LogP contribution in [0.3, 0.4) is 0 Å². The third-order valence-corrected chi connectivity index (χ3v) is 5.63. The lowest BCUT2D eigenvalue weighted by Gasteiger charge is -2.47. The van der Waals surface area contributed by atoms with Gasteiger partial charge in [0.15, 0.2) is 0 Å². The van der Waals surface area contributed by atoms with Crippen molar-refractivity contribution < 1.29 is 4.79 Å². The number of nitrogens with zero attached hydrogens (tertiary/aromatic N) is 2. The Morgan fingerprint density at radius 2 is 1.91 bits per heavy atom. The SMILES string of the molecule is CC1CCN(C(=O)CN(C)c2ccccc2)C2CCCCC12. The van der Waals surface area contributed by atoms with Crippen molar-refractivity contribution in [1.82, 2.24) is 4.90 Å². The van der Waals surface area contributed by atoms with Crippen molar-refractivity contribution in [1.29, 1.82) is 0 Å². The molecular formula is C19H28N2O. The zero-order valence-electron chi connectivity index (χ0n) is 13.9. The number of rotatable bonds is 3. The molecule has 3 atom stereocenters. The van der Waals surface area contributed by atoms with E-state index in [1.807, 2.05) is 25.2 Å². The Balaban J connectivity index is 1.66. The van der Waals surface area contributed by atoms with Gasteiger partial charge in [0.25, 0.3) is 0 Å². The van der Waals surface area contributed by atoms with Gasteiger partial charge >= 0.3 is 0 Å². The minimum absolute atomic E-state index is 0.301. The largest absolute Gasteiger partial charge is 0.365 e. The molecule has 1 aliphatic carbocycles. The molecule has 1 aromatic rings. The minimum atomic E-state index is 0.301. The van der Waals surface area contributed by atoms with E-state index in [1.54, 1.807) is 0 Å². The van der Waals surface area contributed by atoms with Crippen molar-refractivity contribution in [2.75, 3.05) is 25.0 Å². The van der Waals surface area contributed by atoms with E-state index in [0.29, 0.717) is 18.5 Å². The number of benzene rings is 1.